The molecule has 5 heteroatoms. The molecule has 0 aliphatic heterocycles. The molecule has 3 rings (SSSR count). The van der Waals surface area contributed by atoms with Crippen molar-refractivity contribution in [2.75, 3.05) is 6.61 Å². The molecule has 0 aromatic heterocycles. The lowest BCUT2D eigenvalue weighted by Gasteiger charge is -2.06. The topological polar surface area (TPSA) is 50.7 Å². The number of hydrazone groups is 1. The number of hydrogen-bond acceptors (Lipinski definition) is 3. The Morgan fingerprint density at radius 2 is 1.79 bits per heavy atom. The normalized spacial score (nSPS) is 10.9. The van der Waals surface area contributed by atoms with Gasteiger partial charge in [-0.25, -0.2) is 5.43 Å². The number of rotatable bonds is 5. The third kappa shape index (κ3) is 4.33. The monoisotopic (exact) mass is 338 g/mol. The van der Waals surface area contributed by atoms with Crippen LogP contribution in [0.25, 0.3) is 10.8 Å². The van der Waals surface area contributed by atoms with Gasteiger partial charge in [0.15, 0.2) is 6.61 Å². The lowest BCUT2D eigenvalue weighted by Crippen LogP contribution is -2.24. The largest absolute Gasteiger partial charge is 0.484 e. The number of ether oxygens (including phenoxy) is 1. The number of benzene rings is 3. The van der Waals surface area contributed by atoms with E-state index in [1.165, 1.54) is 0 Å². The summed E-state index contributed by atoms with van der Waals surface area (Å²) < 4.78 is 5.49. The third-order valence-electron chi connectivity index (χ3n) is 3.36. The first-order valence-corrected chi connectivity index (χ1v) is 7.77. The zero-order valence-electron chi connectivity index (χ0n) is 12.8. The second-order valence-electron chi connectivity index (χ2n) is 5.14. The fraction of sp³-hybridized carbons (Fsp3) is 0.0526. The number of nitrogens with one attached hydrogen (secondary N) is 1. The highest BCUT2D eigenvalue weighted by molar-refractivity contribution is 6.30. The van der Waals surface area contributed by atoms with Crippen molar-refractivity contribution in [3.63, 3.8) is 0 Å². The summed E-state index contributed by atoms with van der Waals surface area (Å²) in [5.74, 6) is 0.318. The molecule has 0 bridgehead atoms. The highest BCUT2D eigenvalue weighted by Crippen LogP contribution is 2.20. The van der Waals surface area contributed by atoms with Crippen LogP contribution in [0.4, 0.5) is 0 Å². The predicted octanol–water partition coefficient (Wildman–Crippen LogP) is 4.02. The molecule has 0 spiro atoms. The van der Waals surface area contributed by atoms with Crippen LogP contribution in [-0.2, 0) is 4.79 Å². The first-order valence-electron chi connectivity index (χ1n) is 7.40. The lowest BCUT2D eigenvalue weighted by molar-refractivity contribution is -0.123. The first kappa shape index (κ1) is 16.0. The van der Waals surface area contributed by atoms with Crippen LogP contribution in [0.2, 0.25) is 5.02 Å². The van der Waals surface area contributed by atoms with Crippen LogP contribution in [0, 0.1) is 0 Å². The van der Waals surface area contributed by atoms with Crippen molar-refractivity contribution in [2.45, 2.75) is 0 Å². The molecule has 0 unspecified atom stereocenters. The number of amides is 1. The van der Waals surface area contributed by atoms with E-state index < -0.39 is 0 Å². The fourth-order valence-corrected chi connectivity index (χ4v) is 2.29. The van der Waals surface area contributed by atoms with E-state index in [2.05, 4.69) is 10.5 Å². The molecule has 0 saturated carbocycles. The van der Waals surface area contributed by atoms with E-state index in [1.807, 2.05) is 54.6 Å². The molecule has 0 atom stereocenters. The van der Waals surface area contributed by atoms with Crippen LogP contribution < -0.4 is 10.2 Å². The minimum Gasteiger partial charge on any atom is -0.484 e. The van der Waals surface area contributed by atoms with Crippen molar-refractivity contribution in [2.24, 2.45) is 5.10 Å². The van der Waals surface area contributed by atoms with Gasteiger partial charge in [-0.2, -0.15) is 5.10 Å². The van der Waals surface area contributed by atoms with Gasteiger partial charge in [0.05, 0.1) is 6.21 Å². The van der Waals surface area contributed by atoms with Crippen LogP contribution in [-0.4, -0.2) is 18.7 Å². The standard InChI is InChI=1S/C19H15ClN2O2/c20-17-8-5-14(6-9-17)12-21-22-19(23)13-24-18-10-7-15-3-1-2-4-16(15)11-18/h1-12H,13H2,(H,22,23). The third-order valence-corrected chi connectivity index (χ3v) is 3.62. The number of nitrogens with zero attached hydrogens (tertiary/aromatic N) is 1. The SMILES string of the molecule is O=C(COc1ccc2ccccc2c1)NN=Cc1ccc(Cl)cc1. The van der Waals surface area contributed by atoms with Gasteiger partial charge in [0, 0.05) is 5.02 Å². The fourth-order valence-electron chi connectivity index (χ4n) is 2.17. The predicted molar refractivity (Wildman–Crippen MR) is 96.6 cm³/mol. The Kier molecular flexibility index (Phi) is 5.08. The Morgan fingerprint density at radius 3 is 2.58 bits per heavy atom. The summed E-state index contributed by atoms with van der Waals surface area (Å²) in [4.78, 5) is 11.8. The molecule has 0 heterocycles. The number of hydrogen-bond donors (Lipinski definition) is 1. The van der Waals surface area contributed by atoms with Crippen molar-refractivity contribution in [3.8, 4) is 5.75 Å². The second kappa shape index (κ2) is 7.62. The molecule has 0 fully saturated rings. The van der Waals surface area contributed by atoms with E-state index in [4.69, 9.17) is 16.3 Å². The number of carbonyl (C=O) groups is 1. The Morgan fingerprint density at radius 1 is 1.04 bits per heavy atom. The van der Waals surface area contributed by atoms with Crippen LogP contribution in [0.3, 0.4) is 0 Å². The molecule has 0 saturated heterocycles. The van der Waals surface area contributed by atoms with Crippen molar-refractivity contribution in [1.29, 1.82) is 0 Å². The molecule has 0 aliphatic carbocycles. The molecule has 3 aromatic carbocycles. The highest BCUT2D eigenvalue weighted by Gasteiger charge is 2.02. The smallest absolute Gasteiger partial charge is 0.277 e. The van der Waals surface area contributed by atoms with Crippen LogP contribution >= 0.6 is 11.6 Å². The highest BCUT2D eigenvalue weighted by atomic mass is 35.5. The number of halogens is 1. The zero-order chi connectivity index (χ0) is 16.8. The summed E-state index contributed by atoms with van der Waals surface area (Å²) in [6, 6.07) is 20.8. The Labute approximate surface area is 144 Å². The number of fused-ring (bicyclic) bond motifs is 1. The van der Waals surface area contributed by atoms with Gasteiger partial charge in [0.1, 0.15) is 5.75 Å². The Hall–Kier alpha value is -2.85. The van der Waals surface area contributed by atoms with E-state index in [1.54, 1.807) is 18.3 Å². The van der Waals surface area contributed by atoms with Crippen LogP contribution in [0.15, 0.2) is 71.8 Å². The van der Waals surface area contributed by atoms with Gasteiger partial charge in [0.25, 0.3) is 5.91 Å². The quantitative estimate of drug-likeness (QED) is 0.564. The Bertz CT molecular complexity index is 876. The van der Waals surface area contributed by atoms with Crippen LogP contribution in [0.1, 0.15) is 5.56 Å². The summed E-state index contributed by atoms with van der Waals surface area (Å²) in [5.41, 5.74) is 3.27. The van der Waals surface area contributed by atoms with Gasteiger partial charge in [-0.3, -0.25) is 4.79 Å². The van der Waals surface area contributed by atoms with E-state index in [0.29, 0.717) is 10.8 Å². The molecule has 4 nitrogen and oxygen atoms in total. The maximum Gasteiger partial charge on any atom is 0.277 e. The molecule has 1 amide bonds. The average molecular weight is 339 g/mol. The molecule has 120 valence electrons. The van der Waals surface area contributed by atoms with E-state index in [9.17, 15) is 4.79 Å². The van der Waals surface area contributed by atoms with Gasteiger partial charge in [-0.15, -0.1) is 0 Å². The van der Waals surface area contributed by atoms with Gasteiger partial charge in [0.2, 0.25) is 0 Å². The van der Waals surface area contributed by atoms with E-state index in [-0.39, 0.29) is 12.5 Å². The van der Waals surface area contributed by atoms with Crippen molar-refractivity contribution in [1.82, 2.24) is 5.43 Å². The molecular weight excluding hydrogens is 324 g/mol. The molecule has 3 aromatic rings. The van der Waals surface area contributed by atoms with E-state index >= 15 is 0 Å². The Balaban J connectivity index is 1.52. The second-order valence-corrected chi connectivity index (χ2v) is 5.58. The minimum absolute atomic E-state index is 0.101. The molecule has 1 N–H and O–H groups in total. The summed E-state index contributed by atoms with van der Waals surface area (Å²) >= 11 is 5.80. The molecular formula is C19H15ClN2O2. The lowest BCUT2D eigenvalue weighted by atomic mass is 10.1. The summed E-state index contributed by atoms with van der Waals surface area (Å²) in [6.07, 6.45) is 1.55. The van der Waals surface area contributed by atoms with Gasteiger partial charge in [-0.1, -0.05) is 54.1 Å². The van der Waals surface area contributed by atoms with Crippen LogP contribution in [0.5, 0.6) is 5.75 Å². The van der Waals surface area contributed by atoms with Gasteiger partial charge < -0.3 is 4.74 Å². The van der Waals surface area contributed by atoms with Gasteiger partial charge >= 0.3 is 0 Å². The maximum atomic E-state index is 11.8. The van der Waals surface area contributed by atoms with Crippen molar-refractivity contribution >= 4 is 34.5 Å². The summed E-state index contributed by atoms with van der Waals surface area (Å²) in [5, 5.41) is 6.73. The van der Waals surface area contributed by atoms with Crippen molar-refractivity contribution < 1.29 is 9.53 Å². The molecule has 0 aliphatic rings. The van der Waals surface area contributed by atoms with E-state index in [0.717, 1.165) is 16.3 Å². The molecule has 0 radical (unpaired) electrons. The summed E-state index contributed by atoms with van der Waals surface area (Å²) in [7, 11) is 0. The number of carbonyl (C=O) groups excluding carboxylic acids is 1. The zero-order valence-corrected chi connectivity index (χ0v) is 13.5. The first-order chi connectivity index (χ1) is 11.7. The maximum absolute atomic E-state index is 11.8. The minimum atomic E-state index is -0.326. The molecule has 24 heavy (non-hydrogen) atoms. The summed E-state index contributed by atoms with van der Waals surface area (Å²) in [6.45, 7) is -0.101. The van der Waals surface area contributed by atoms with Crippen molar-refractivity contribution in [3.05, 3.63) is 77.3 Å². The average Bonchev–Trinajstić information content (AvgIpc) is 2.61. The van der Waals surface area contributed by atoms with Gasteiger partial charge in [-0.05, 0) is 40.6 Å².